The molecule has 2 aromatic carbocycles. The molecule has 0 bridgehead atoms. The van der Waals surface area contributed by atoms with Crippen LogP contribution in [-0.2, 0) is 6.54 Å². The van der Waals surface area contributed by atoms with E-state index in [1.54, 1.807) is 22.2 Å². The van der Waals surface area contributed by atoms with Gasteiger partial charge in [-0.2, -0.15) is 0 Å². The topological polar surface area (TPSA) is 64.0 Å². The number of aromatic nitrogens is 2. The van der Waals surface area contributed by atoms with Crippen molar-refractivity contribution < 1.29 is 4.79 Å². The van der Waals surface area contributed by atoms with Crippen molar-refractivity contribution in [1.82, 2.24) is 9.55 Å². The van der Waals surface area contributed by atoms with Crippen molar-refractivity contribution in [1.29, 1.82) is 0 Å². The summed E-state index contributed by atoms with van der Waals surface area (Å²) in [6.07, 6.45) is 1.76. The van der Waals surface area contributed by atoms with E-state index in [1.165, 1.54) is 23.0 Å². The smallest absolute Gasteiger partial charge is 0.275 e. The van der Waals surface area contributed by atoms with Gasteiger partial charge in [-0.25, -0.2) is 4.98 Å². The number of hydrogen-bond donors (Lipinski definition) is 1. The first kappa shape index (κ1) is 18.8. The van der Waals surface area contributed by atoms with Gasteiger partial charge in [0.1, 0.15) is 10.7 Å². The average molecular weight is 401 g/mol. The number of carbonyl (C=O) groups excluding carboxylic acids is 1. The number of rotatable bonds is 5. The Hall–Kier alpha value is -3.51. The minimum absolute atomic E-state index is 0.0437. The van der Waals surface area contributed by atoms with Crippen molar-refractivity contribution in [3.63, 3.8) is 0 Å². The molecule has 0 saturated carbocycles. The quantitative estimate of drug-likeness (QED) is 0.532. The van der Waals surface area contributed by atoms with E-state index >= 15 is 0 Å². The molecule has 0 radical (unpaired) electrons. The zero-order valence-corrected chi connectivity index (χ0v) is 16.6. The van der Waals surface area contributed by atoms with Crippen LogP contribution >= 0.6 is 11.3 Å². The van der Waals surface area contributed by atoms with Gasteiger partial charge in [-0.1, -0.05) is 48.0 Å². The molecule has 1 amide bonds. The molecule has 144 valence electrons. The predicted octanol–water partition coefficient (Wildman–Crippen LogP) is 4.58. The van der Waals surface area contributed by atoms with Crippen molar-refractivity contribution in [3.05, 3.63) is 105 Å². The average Bonchev–Trinajstić information content (AvgIpc) is 3.22. The van der Waals surface area contributed by atoms with Gasteiger partial charge < -0.3 is 9.88 Å². The molecule has 2 aromatic heterocycles. The number of hydrogen-bond acceptors (Lipinski definition) is 4. The maximum Gasteiger partial charge on any atom is 0.275 e. The molecule has 0 fully saturated rings. The van der Waals surface area contributed by atoms with Crippen molar-refractivity contribution in [3.8, 4) is 10.6 Å². The lowest BCUT2D eigenvalue weighted by molar-refractivity contribution is 0.102. The summed E-state index contributed by atoms with van der Waals surface area (Å²) in [5.74, 6) is -0.244. The molecule has 4 rings (SSSR count). The van der Waals surface area contributed by atoms with Crippen LogP contribution in [0.3, 0.4) is 0 Å². The number of amides is 1. The van der Waals surface area contributed by atoms with E-state index in [0.717, 1.165) is 16.1 Å². The third-order valence-electron chi connectivity index (χ3n) is 4.50. The van der Waals surface area contributed by atoms with Gasteiger partial charge in [0.15, 0.2) is 0 Å². The predicted molar refractivity (Wildman–Crippen MR) is 116 cm³/mol. The molecule has 0 saturated heterocycles. The van der Waals surface area contributed by atoms with Crippen LogP contribution in [0.15, 0.2) is 83.1 Å². The van der Waals surface area contributed by atoms with Gasteiger partial charge in [-0.05, 0) is 30.7 Å². The largest absolute Gasteiger partial charge is 0.321 e. The second-order valence-electron chi connectivity index (χ2n) is 6.72. The second kappa shape index (κ2) is 8.24. The number of pyridine rings is 1. The summed E-state index contributed by atoms with van der Waals surface area (Å²) in [6.45, 7) is 2.52. The number of aryl methyl sites for hydroxylation is 1. The molecule has 0 aliphatic carbocycles. The van der Waals surface area contributed by atoms with Crippen LogP contribution in [0, 0.1) is 6.92 Å². The Bertz CT molecular complexity index is 1190. The zero-order valence-electron chi connectivity index (χ0n) is 15.8. The molecule has 0 spiro atoms. The Balaban J connectivity index is 1.43. The highest BCUT2D eigenvalue weighted by atomic mass is 32.1. The van der Waals surface area contributed by atoms with E-state index in [2.05, 4.69) is 10.3 Å². The number of carbonyl (C=O) groups is 1. The van der Waals surface area contributed by atoms with E-state index in [1.807, 2.05) is 61.5 Å². The fourth-order valence-corrected chi connectivity index (χ4v) is 3.69. The highest BCUT2D eigenvalue weighted by Gasteiger charge is 2.12. The Labute approximate surface area is 172 Å². The Kier molecular flexibility index (Phi) is 5.35. The number of benzene rings is 2. The van der Waals surface area contributed by atoms with Crippen molar-refractivity contribution >= 4 is 22.9 Å². The summed E-state index contributed by atoms with van der Waals surface area (Å²) in [4.78, 5) is 28.8. The fourth-order valence-electron chi connectivity index (χ4n) is 2.88. The van der Waals surface area contributed by atoms with Crippen LogP contribution in [0.25, 0.3) is 10.6 Å². The Morgan fingerprint density at radius 3 is 2.52 bits per heavy atom. The van der Waals surface area contributed by atoms with E-state index in [0.29, 0.717) is 17.9 Å². The van der Waals surface area contributed by atoms with Crippen LogP contribution in [0.2, 0.25) is 0 Å². The van der Waals surface area contributed by atoms with E-state index in [9.17, 15) is 9.59 Å². The highest BCUT2D eigenvalue weighted by Crippen LogP contribution is 2.24. The van der Waals surface area contributed by atoms with Crippen LogP contribution in [0.5, 0.6) is 0 Å². The van der Waals surface area contributed by atoms with Gasteiger partial charge in [0.2, 0.25) is 0 Å². The Morgan fingerprint density at radius 2 is 1.79 bits per heavy atom. The van der Waals surface area contributed by atoms with Gasteiger partial charge in [0.25, 0.3) is 11.5 Å². The summed E-state index contributed by atoms with van der Waals surface area (Å²) in [5.41, 5.74) is 4.20. The molecule has 0 atom stereocenters. The van der Waals surface area contributed by atoms with Gasteiger partial charge in [-0.15, -0.1) is 11.3 Å². The molecule has 0 aliphatic rings. The molecule has 2 heterocycles. The van der Waals surface area contributed by atoms with Gasteiger partial charge in [-0.3, -0.25) is 9.59 Å². The first-order chi connectivity index (χ1) is 14.1. The minimum atomic E-state index is -0.244. The van der Waals surface area contributed by atoms with Crippen molar-refractivity contribution in [2.75, 3.05) is 5.32 Å². The van der Waals surface area contributed by atoms with Crippen LogP contribution in [0.1, 0.15) is 21.6 Å². The summed E-state index contributed by atoms with van der Waals surface area (Å²) in [7, 11) is 0. The van der Waals surface area contributed by atoms with Gasteiger partial charge >= 0.3 is 0 Å². The molecule has 4 aromatic rings. The maximum atomic E-state index is 12.5. The molecule has 0 unspecified atom stereocenters. The number of nitrogens with zero attached hydrogens (tertiary/aromatic N) is 2. The standard InChI is InChI=1S/C23H19N3O2S/c1-16-5-9-18(10-6-16)23-25-20(15-29-23)22(28)24-19-11-7-17(8-12-19)14-26-13-3-2-4-21(26)27/h2-13,15H,14H2,1H3,(H,24,28). The lowest BCUT2D eigenvalue weighted by Crippen LogP contribution is -2.18. The highest BCUT2D eigenvalue weighted by molar-refractivity contribution is 7.13. The first-order valence-electron chi connectivity index (χ1n) is 9.17. The molecule has 1 N–H and O–H groups in total. The SMILES string of the molecule is Cc1ccc(-c2nc(C(=O)Nc3ccc(Cn4ccccc4=O)cc3)cs2)cc1. The van der Waals surface area contributed by atoms with Crippen LogP contribution < -0.4 is 10.9 Å². The zero-order chi connectivity index (χ0) is 20.2. The van der Waals surface area contributed by atoms with Crippen LogP contribution in [0.4, 0.5) is 5.69 Å². The van der Waals surface area contributed by atoms with E-state index < -0.39 is 0 Å². The third-order valence-corrected chi connectivity index (χ3v) is 5.39. The summed E-state index contributed by atoms with van der Waals surface area (Å²) in [5, 5.41) is 5.45. The van der Waals surface area contributed by atoms with E-state index in [4.69, 9.17) is 0 Å². The lowest BCUT2D eigenvalue weighted by Gasteiger charge is -2.07. The summed E-state index contributed by atoms with van der Waals surface area (Å²) < 4.78 is 1.63. The van der Waals surface area contributed by atoms with Crippen molar-refractivity contribution in [2.45, 2.75) is 13.5 Å². The van der Waals surface area contributed by atoms with Crippen LogP contribution in [-0.4, -0.2) is 15.5 Å². The third kappa shape index (κ3) is 4.50. The molecular formula is C23H19N3O2S. The second-order valence-corrected chi connectivity index (χ2v) is 7.58. The lowest BCUT2D eigenvalue weighted by atomic mass is 10.2. The van der Waals surface area contributed by atoms with Crippen molar-refractivity contribution in [2.24, 2.45) is 0 Å². The molecule has 6 heteroatoms. The molecule has 5 nitrogen and oxygen atoms in total. The normalized spacial score (nSPS) is 10.7. The fraction of sp³-hybridized carbons (Fsp3) is 0.0870. The number of thiazole rings is 1. The minimum Gasteiger partial charge on any atom is -0.321 e. The maximum absolute atomic E-state index is 12.5. The molecular weight excluding hydrogens is 382 g/mol. The first-order valence-corrected chi connectivity index (χ1v) is 10.0. The number of anilines is 1. The number of nitrogens with one attached hydrogen (secondary N) is 1. The summed E-state index contributed by atoms with van der Waals surface area (Å²) in [6, 6.07) is 20.6. The monoisotopic (exact) mass is 401 g/mol. The Morgan fingerprint density at radius 1 is 1.03 bits per heavy atom. The molecule has 0 aliphatic heterocycles. The van der Waals surface area contributed by atoms with Gasteiger partial charge in [0.05, 0.1) is 6.54 Å². The summed E-state index contributed by atoms with van der Waals surface area (Å²) >= 11 is 1.45. The molecule has 29 heavy (non-hydrogen) atoms. The van der Waals surface area contributed by atoms with E-state index in [-0.39, 0.29) is 11.5 Å². The van der Waals surface area contributed by atoms with Gasteiger partial charge in [0, 0.05) is 28.9 Å².